The fourth-order valence-corrected chi connectivity index (χ4v) is 2.24. The first-order chi connectivity index (χ1) is 9.10. The molecule has 0 fully saturated rings. The lowest BCUT2D eigenvalue weighted by molar-refractivity contribution is 0.0526. The van der Waals surface area contributed by atoms with Gasteiger partial charge in [0.05, 0.1) is 29.3 Å². The Morgan fingerprint density at radius 3 is 2.74 bits per heavy atom. The lowest BCUT2D eigenvalue weighted by atomic mass is 10.1. The Hall–Kier alpha value is -1.52. The van der Waals surface area contributed by atoms with Crippen LogP contribution in [0, 0.1) is 0 Å². The van der Waals surface area contributed by atoms with Crippen molar-refractivity contribution in [2.75, 3.05) is 13.7 Å². The van der Waals surface area contributed by atoms with E-state index in [0.29, 0.717) is 21.7 Å². The van der Waals surface area contributed by atoms with Gasteiger partial charge in [0.2, 0.25) is 0 Å². The maximum absolute atomic E-state index is 11.7. The third-order valence-electron chi connectivity index (χ3n) is 2.58. The second-order valence-corrected chi connectivity index (χ2v) is 4.47. The Balaban J connectivity index is 2.66. The van der Waals surface area contributed by atoms with Crippen molar-refractivity contribution in [1.82, 2.24) is 4.98 Å². The monoisotopic (exact) mass is 299 g/mol. The molecule has 0 aliphatic carbocycles. The molecule has 100 valence electrons. The standard InChI is InChI=1S/C13H11Cl2NO3/c1-3-19-13(17)8-6-16-11-7(10(8)15)4-5-9(14)12(11)18-2/h4-6H,3H2,1-2H3. The van der Waals surface area contributed by atoms with Gasteiger partial charge in [-0.1, -0.05) is 23.2 Å². The third-order valence-corrected chi connectivity index (χ3v) is 3.28. The number of rotatable bonds is 3. The average molecular weight is 300 g/mol. The third kappa shape index (κ3) is 2.46. The van der Waals surface area contributed by atoms with Gasteiger partial charge in [0.25, 0.3) is 0 Å². The van der Waals surface area contributed by atoms with Gasteiger partial charge in [-0.2, -0.15) is 0 Å². The highest BCUT2D eigenvalue weighted by atomic mass is 35.5. The largest absolute Gasteiger partial charge is 0.493 e. The lowest BCUT2D eigenvalue weighted by Gasteiger charge is -2.10. The topological polar surface area (TPSA) is 48.4 Å². The maximum atomic E-state index is 11.7. The number of esters is 1. The predicted molar refractivity (Wildman–Crippen MR) is 74.3 cm³/mol. The minimum absolute atomic E-state index is 0.223. The van der Waals surface area contributed by atoms with E-state index in [-0.39, 0.29) is 17.2 Å². The van der Waals surface area contributed by atoms with Crippen LogP contribution in [0.25, 0.3) is 10.9 Å². The molecule has 0 atom stereocenters. The summed E-state index contributed by atoms with van der Waals surface area (Å²) in [6.07, 6.45) is 1.36. The van der Waals surface area contributed by atoms with E-state index in [1.54, 1.807) is 19.1 Å². The second-order valence-electron chi connectivity index (χ2n) is 3.68. The Labute approximate surface area is 120 Å². The highest BCUT2D eigenvalue weighted by molar-refractivity contribution is 6.39. The molecule has 2 rings (SSSR count). The summed E-state index contributed by atoms with van der Waals surface area (Å²) in [6, 6.07) is 3.34. The van der Waals surface area contributed by atoms with Gasteiger partial charge in [0.15, 0.2) is 5.75 Å². The van der Waals surface area contributed by atoms with Gasteiger partial charge in [-0.05, 0) is 19.1 Å². The summed E-state index contributed by atoms with van der Waals surface area (Å²) < 4.78 is 10.1. The van der Waals surface area contributed by atoms with Crippen molar-refractivity contribution in [2.24, 2.45) is 0 Å². The number of halogens is 2. The molecule has 6 heteroatoms. The zero-order valence-electron chi connectivity index (χ0n) is 10.4. The molecule has 4 nitrogen and oxygen atoms in total. The predicted octanol–water partition coefficient (Wildman–Crippen LogP) is 3.73. The van der Waals surface area contributed by atoms with Gasteiger partial charge in [0.1, 0.15) is 5.52 Å². The normalized spacial score (nSPS) is 10.5. The molecule has 19 heavy (non-hydrogen) atoms. The summed E-state index contributed by atoms with van der Waals surface area (Å²) in [4.78, 5) is 15.9. The smallest absolute Gasteiger partial charge is 0.341 e. The number of ether oxygens (including phenoxy) is 2. The minimum Gasteiger partial charge on any atom is -0.493 e. The quantitative estimate of drug-likeness (QED) is 0.810. The van der Waals surface area contributed by atoms with Crippen LogP contribution in [0.3, 0.4) is 0 Å². The van der Waals surface area contributed by atoms with Crippen LogP contribution in [0.4, 0.5) is 0 Å². The Bertz CT molecular complexity index is 643. The van der Waals surface area contributed by atoms with Crippen LogP contribution in [-0.2, 0) is 4.74 Å². The molecule has 0 spiro atoms. The number of fused-ring (bicyclic) bond motifs is 1. The van der Waals surface area contributed by atoms with Gasteiger partial charge in [-0.15, -0.1) is 0 Å². The molecule has 0 aliphatic heterocycles. The summed E-state index contributed by atoms with van der Waals surface area (Å²) in [5.74, 6) is -0.0766. The van der Waals surface area contributed by atoms with Crippen LogP contribution in [0.2, 0.25) is 10.0 Å². The van der Waals surface area contributed by atoms with E-state index >= 15 is 0 Å². The molecule has 0 radical (unpaired) electrons. The van der Waals surface area contributed by atoms with Crippen LogP contribution in [-0.4, -0.2) is 24.7 Å². The molecule has 2 aromatic rings. The minimum atomic E-state index is -0.504. The fraction of sp³-hybridized carbons (Fsp3) is 0.231. The zero-order chi connectivity index (χ0) is 14.0. The summed E-state index contributed by atoms with van der Waals surface area (Å²) in [5.41, 5.74) is 0.730. The molecule has 1 aromatic heterocycles. The van der Waals surface area contributed by atoms with Gasteiger partial charge < -0.3 is 9.47 Å². The van der Waals surface area contributed by atoms with E-state index in [4.69, 9.17) is 32.7 Å². The molecule has 0 bridgehead atoms. The lowest BCUT2D eigenvalue weighted by Crippen LogP contribution is -2.06. The van der Waals surface area contributed by atoms with Crippen LogP contribution in [0.5, 0.6) is 5.75 Å². The van der Waals surface area contributed by atoms with Crippen molar-refractivity contribution in [3.8, 4) is 5.75 Å². The van der Waals surface area contributed by atoms with Crippen molar-refractivity contribution in [3.05, 3.63) is 33.9 Å². The van der Waals surface area contributed by atoms with Crippen molar-refractivity contribution >= 4 is 40.1 Å². The van der Waals surface area contributed by atoms with Gasteiger partial charge in [-0.25, -0.2) is 4.79 Å². The first kappa shape index (κ1) is 13.9. The molecule has 0 N–H and O–H groups in total. The SMILES string of the molecule is CCOC(=O)c1cnc2c(OC)c(Cl)ccc2c1Cl. The summed E-state index contributed by atoms with van der Waals surface area (Å²) in [7, 11) is 1.50. The number of carbonyl (C=O) groups excluding carboxylic acids is 1. The highest BCUT2D eigenvalue weighted by Gasteiger charge is 2.18. The zero-order valence-corrected chi connectivity index (χ0v) is 11.9. The van der Waals surface area contributed by atoms with Gasteiger partial charge in [-0.3, -0.25) is 4.98 Å². The molecule has 0 aliphatic rings. The van der Waals surface area contributed by atoms with Crippen molar-refractivity contribution in [1.29, 1.82) is 0 Å². The Kier molecular flexibility index (Phi) is 4.12. The highest BCUT2D eigenvalue weighted by Crippen LogP contribution is 2.36. The molecule has 0 amide bonds. The number of benzene rings is 1. The number of hydrogen-bond donors (Lipinski definition) is 0. The average Bonchev–Trinajstić information content (AvgIpc) is 2.39. The number of carbonyl (C=O) groups is 1. The first-order valence-corrected chi connectivity index (χ1v) is 6.33. The Morgan fingerprint density at radius 2 is 2.11 bits per heavy atom. The van der Waals surface area contributed by atoms with E-state index in [0.717, 1.165) is 0 Å². The van der Waals surface area contributed by atoms with Crippen LogP contribution < -0.4 is 4.74 Å². The van der Waals surface area contributed by atoms with E-state index in [9.17, 15) is 4.79 Å². The van der Waals surface area contributed by atoms with E-state index in [2.05, 4.69) is 4.98 Å². The van der Waals surface area contributed by atoms with Crippen LogP contribution >= 0.6 is 23.2 Å². The van der Waals surface area contributed by atoms with Crippen molar-refractivity contribution in [2.45, 2.75) is 6.92 Å². The number of pyridine rings is 1. The number of methoxy groups -OCH3 is 1. The van der Waals surface area contributed by atoms with Crippen LogP contribution in [0.1, 0.15) is 17.3 Å². The summed E-state index contributed by atoms with van der Waals surface area (Å²) in [6.45, 7) is 2.00. The number of aromatic nitrogens is 1. The number of hydrogen-bond acceptors (Lipinski definition) is 4. The van der Waals surface area contributed by atoms with Gasteiger partial charge >= 0.3 is 5.97 Å². The molecule has 1 aromatic carbocycles. The Morgan fingerprint density at radius 1 is 1.37 bits per heavy atom. The molecule has 0 saturated heterocycles. The van der Waals surface area contributed by atoms with Crippen molar-refractivity contribution < 1.29 is 14.3 Å². The summed E-state index contributed by atoms with van der Waals surface area (Å²) in [5, 5.41) is 1.30. The summed E-state index contributed by atoms with van der Waals surface area (Å²) >= 11 is 12.2. The molecule has 0 saturated carbocycles. The molecular weight excluding hydrogens is 289 g/mol. The second kappa shape index (κ2) is 5.63. The van der Waals surface area contributed by atoms with E-state index in [1.165, 1.54) is 13.3 Å². The first-order valence-electron chi connectivity index (χ1n) is 5.58. The fourth-order valence-electron chi connectivity index (χ4n) is 1.73. The maximum Gasteiger partial charge on any atom is 0.341 e. The van der Waals surface area contributed by atoms with E-state index < -0.39 is 5.97 Å². The van der Waals surface area contributed by atoms with Crippen LogP contribution in [0.15, 0.2) is 18.3 Å². The molecule has 0 unspecified atom stereocenters. The van der Waals surface area contributed by atoms with E-state index in [1.807, 2.05) is 0 Å². The number of nitrogens with zero attached hydrogens (tertiary/aromatic N) is 1. The van der Waals surface area contributed by atoms with Gasteiger partial charge in [0, 0.05) is 11.6 Å². The molecule has 1 heterocycles. The molecular formula is C13H11Cl2NO3. The van der Waals surface area contributed by atoms with Crippen molar-refractivity contribution in [3.63, 3.8) is 0 Å².